The highest BCUT2D eigenvalue weighted by Crippen LogP contribution is 2.30. The van der Waals surface area contributed by atoms with E-state index in [2.05, 4.69) is 43.5 Å². The number of ether oxygens (including phenoxy) is 4. The van der Waals surface area contributed by atoms with Crippen molar-refractivity contribution < 1.29 is 64.6 Å². The summed E-state index contributed by atoms with van der Waals surface area (Å²) in [6.07, 6.45) is 53.5. The van der Waals surface area contributed by atoms with Gasteiger partial charge in [-0.15, -0.1) is 0 Å². The van der Waals surface area contributed by atoms with Gasteiger partial charge in [0.1, 0.15) is 48.8 Å². The molecule has 2 heterocycles. The van der Waals surface area contributed by atoms with Crippen molar-refractivity contribution in [2.75, 3.05) is 19.8 Å². The minimum Gasteiger partial charge on any atom is -0.394 e. The predicted molar refractivity (Wildman–Crippen MR) is 346 cm³/mol. The first-order chi connectivity index (χ1) is 41.6. The van der Waals surface area contributed by atoms with Crippen molar-refractivity contribution in [2.24, 2.45) is 0 Å². The Balaban J connectivity index is 1.59. The molecule has 2 aliphatic heterocycles. The lowest BCUT2D eigenvalue weighted by Crippen LogP contribution is -2.65. The number of carbonyl (C=O) groups excluding carboxylic acids is 1. The Morgan fingerprint density at radius 2 is 0.776 bits per heavy atom. The van der Waals surface area contributed by atoms with Crippen LogP contribution in [-0.2, 0) is 23.7 Å². The van der Waals surface area contributed by atoms with Gasteiger partial charge < -0.3 is 65.1 Å². The van der Waals surface area contributed by atoms with Crippen LogP contribution in [-0.4, -0.2) is 140 Å². The SMILES string of the molecule is CCCCCCC/C=C\C/C=C\CCCCCCCCCCCCCCCCCCCCCCCCCC(=O)NC(COC1OC(CO)C(OC2OC(CO)C(O)C(O)C2O)C(O)C1O)C(O)CCCCCCCCCCCCCCCCCC. The highest BCUT2D eigenvalue weighted by molar-refractivity contribution is 5.76. The van der Waals surface area contributed by atoms with Crippen LogP contribution in [0.25, 0.3) is 0 Å². The fourth-order valence-electron chi connectivity index (χ4n) is 12.2. The third kappa shape index (κ3) is 40.8. The number of rotatable bonds is 60. The molecule has 14 nitrogen and oxygen atoms in total. The van der Waals surface area contributed by atoms with Crippen LogP contribution < -0.4 is 5.32 Å². The van der Waals surface area contributed by atoms with Crippen LogP contribution in [0.4, 0.5) is 0 Å². The lowest BCUT2D eigenvalue weighted by Gasteiger charge is -2.46. The normalized spacial score (nSPS) is 23.6. The van der Waals surface area contributed by atoms with Gasteiger partial charge in [0, 0.05) is 6.42 Å². The van der Waals surface area contributed by atoms with E-state index in [-0.39, 0.29) is 12.5 Å². The van der Waals surface area contributed by atoms with Gasteiger partial charge in [0.15, 0.2) is 12.6 Å². The summed E-state index contributed by atoms with van der Waals surface area (Å²) < 4.78 is 22.9. The van der Waals surface area contributed by atoms with E-state index < -0.39 is 86.8 Å². The Morgan fingerprint density at radius 1 is 0.424 bits per heavy atom. The van der Waals surface area contributed by atoms with Gasteiger partial charge in [-0.3, -0.25) is 4.79 Å². The van der Waals surface area contributed by atoms with E-state index in [1.807, 2.05) is 0 Å². The molecule has 12 unspecified atom stereocenters. The fraction of sp³-hybridized carbons (Fsp3) is 0.930. The highest BCUT2D eigenvalue weighted by Gasteiger charge is 2.51. The molecule has 0 radical (unpaired) electrons. The van der Waals surface area contributed by atoms with Crippen molar-refractivity contribution in [3.8, 4) is 0 Å². The first kappa shape index (κ1) is 79.6. The summed E-state index contributed by atoms with van der Waals surface area (Å²) in [5.74, 6) is -0.200. The van der Waals surface area contributed by atoms with Gasteiger partial charge in [-0.25, -0.2) is 0 Å². The second-order valence-corrected chi connectivity index (χ2v) is 25.7. The molecule has 0 saturated carbocycles. The zero-order valence-electron chi connectivity index (χ0n) is 54.6. The molecule has 2 aliphatic rings. The van der Waals surface area contributed by atoms with Gasteiger partial charge in [-0.2, -0.15) is 0 Å². The number of hydrogen-bond acceptors (Lipinski definition) is 13. The lowest BCUT2D eigenvalue weighted by molar-refractivity contribution is -0.359. The molecule has 0 bridgehead atoms. The summed E-state index contributed by atoms with van der Waals surface area (Å²) in [5.41, 5.74) is 0. The first-order valence-corrected chi connectivity index (χ1v) is 36.1. The van der Waals surface area contributed by atoms with Crippen molar-refractivity contribution in [1.82, 2.24) is 5.32 Å². The largest absolute Gasteiger partial charge is 0.394 e. The Hall–Kier alpha value is -1.53. The molecule has 2 rings (SSSR count). The number of allylic oxidation sites excluding steroid dienone is 4. The molecule has 12 atom stereocenters. The summed E-state index contributed by atoms with van der Waals surface area (Å²) >= 11 is 0. The van der Waals surface area contributed by atoms with Gasteiger partial charge in [-0.05, 0) is 44.9 Å². The molecule has 0 aliphatic carbocycles. The molecule has 0 spiro atoms. The van der Waals surface area contributed by atoms with Crippen LogP contribution in [0.2, 0.25) is 0 Å². The van der Waals surface area contributed by atoms with Crippen molar-refractivity contribution in [3.63, 3.8) is 0 Å². The molecule has 9 N–H and O–H groups in total. The third-order valence-corrected chi connectivity index (χ3v) is 17.9. The second kappa shape index (κ2) is 56.5. The highest BCUT2D eigenvalue weighted by atomic mass is 16.7. The maximum Gasteiger partial charge on any atom is 0.220 e. The zero-order valence-corrected chi connectivity index (χ0v) is 54.6. The van der Waals surface area contributed by atoms with E-state index in [1.54, 1.807) is 0 Å². The van der Waals surface area contributed by atoms with Gasteiger partial charge in [0.05, 0.1) is 32.0 Å². The molecule has 2 saturated heterocycles. The van der Waals surface area contributed by atoms with E-state index in [0.717, 1.165) is 57.8 Å². The van der Waals surface area contributed by atoms with Crippen molar-refractivity contribution in [3.05, 3.63) is 24.3 Å². The lowest BCUT2D eigenvalue weighted by atomic mass is 9.97. The zero-order chi connectivity index (χ0) is 61.6. The van der Waals surface area contributed by atoms with Gasteiger partial charge in [-0.1, -0.05) is 301 Å². The smallest absolute Gasteiger partial charge is 0.220 e. The van der Waals surface area contributed by atoms with E-state index in [0.29, 0.717) is 12.8 Å². The fourth-order valence-corrected chi connectivity index (χ4v) is 12.2. The van der Waals surface area contributed by atoms with Crippen molar-refractivity contribution in [2.45, 2.75) is 402 Å². The number of carbonyl (C=O) groups is 1. The average Bonchev–Trinajstić information content (AvgIpc) is 3.70. The van der Waals surface area contributed by atoms with Crippen LogP contribution in [0.5, 0.6) is 0 Å². The number of aliphatic hydroxyl groups is 8. The average molecular weight is 1210 g/mol. The topological polar surface area (TPSA) is 228 Å². The molecule has 0 aromatic heterocycles. The minimum atomic E-state index is -1.78. The maximum absolute atomic E-state index is 13.3. The van der Waals surface area contributed by atoms with Gasteiger partial charge in [0.25, 0.3) is 0 Å². The summed E-state index contributed by atoms with van der Waals surface area (Å²) in [5, 5.41) is 87.5. The summed E-state index contributed by atoms with van der Waals surface area (Å²) in [6.45, 7) is 2.89. The van der Waals surface area contributed by atoms with E-state index >= 15 is 0 Å². The number of aliphatic hydroxyl groups excluding tert-OH is 8. The molecule has 0 aromatic rings. The van der Waals surface area contributed by atoms with E-state index in [1.165, 1.54) is 244 Å². The molecular weight excluding hydrogens is 1070 g/mol. The van der Waals surface area contributed by atoms with Gasteiger partial charge >= 0.3 is 0 Å². The third-order valence-electron chi connectivity index (χ3n) is 17.9. The number of hydrogen-bond donors (Lipinski definition) is 9. The molecule has 85 heavy (non-hydrogen) atoms. The van der Waals surface area contributed by atoms with E-state index in [4.69, 9.17) is 18.9 Å². The van der Waals surface area contributed by atoms with Crippen molar-refractivity contribution >= 4 is 5.91 Å². The molecule has 0 aromatic carbocycles. The second-order valence-electron chi connectivity index (χ2n) is 25.7. The number of amides is 1. The Morgan fingerprint density at radius 3 is 1.18 bits per heavy atom. The Kier molecular flexibility index (Phi) is 52.8. The van der Waals surface area contributed by atoms with Crippen LogP contribution in [0.15, 0.2) is 24.3 Å². The van der Waals surface area contributed by atoms with Crippen molar-refractivity contribution in [1.29, 1.82) is 0 Å². The van der Waals surface area contributed by atoms with Crippen LogP contribution in [0, 0.1) is 0 Å². The molecule has 1 amide bonds. The Labute approximate surface area is 519 Å². The summed E-state index contributed by atoms with van der Waals surface area (Å²) in [7, 11) is 0. The maximum atomic E-state index is 13.3. The predicted octanol–water partition coefficient (Wildman–Crippen LogP) is 14.7. The van der Waals surface area contributed by atoms with Crippen LogP contribution in [0.1, 0.15) is 328 Å². The van der Waals surface area contributed by atoms with Gasteiger partial charge in [0.2, 0.25) is 5.91 Å². The number of nitrogens with one attached hydrogen (secondary N) is 1. The minimum absolute atomic E-state index is 0.200. The quantitative estimate of drug-likeness (QED) is 0.0204. The molecule has 2 fully saturated rings. The molecule has 14 heteroatoms. The molecule has 502 valence electrons. The summed E-state index contributed by atoms with van der Waals surface area (Å²) in [6, 6.07) is -0.826. The summed E-state index contributed by atoms with van der Waals surface area (Å²) in [4.78, 5) is 13.3. The van der Waals surface area contributed by atoms with Crippen LogP contribution >= 0.6 is 0 Å². The monoisotopic (exact) mass is 1210 g/mol. The van der Waals surface area contributed by atoms with Crippen LogP contribution in [0.3, 0.4) is 0 Å². The first-order valence-electron chi connectivity index (χ1n) is 36.1. The molecular formula is C71H135NO13. The number of unbranched alkanes of at least 4 members (excludes halogenated alkanes) is 43. The standard InChI is InChI=1S/C71H135NO13/c1-3-5-7-9-11-13-15-17-19-21-22-23-24-25-26-27-28-29-30-31-32-33-34-35-36-37-38-39-41-43-45-47-49-51-53-55-63(76)72-59(60(75)54-52-50-48-46-44-42-40-20-18-16-14-12-10-8-6-4-2)58-82-70-68(81)66(79)69(62(57-74)84-70)85-71-67(80)65(78)64(77)61(56-73)83-71/h15,17,21-22,59-62,64-71,73-75,77-81H,3-14,16,18-20,23-58H2,1-2H3,(H,72,76)/b17-15-,22-21-. The van der Waals surface area contributed by atoms with E-state index in [9.17, 15) is 45.6 Å². The Bertz CT molecular complexity index is 1520.